The molecule has 0 fully saturated rings. The molecule has 0 saturated heterocycles. The summed E-state index contributed by atoms with van der Waals surface area (Å²) in [7, 11) is 0. The Hall–Kier alpha value is -0.820. The van der Waals surface area contributed by atoms with Crippen molar-refractivity contribution in [1.29, 1.82) is 0 Å². The van der Waals surface area contributed by atoms with E-state index in [0.29, 0.717) is 0 Å². The van der Waals surface area contributed by atoms with Crippen LogP contribution in [-0.4, -0.2) is 13.1 Å². The Labute approximate surface area is 80.2 Å². The first-order chi connectivity index (χ1) is 6.42. The molecule has 0 saturated carbocycles. The van der Waals surface area contributed by atoms with Crippen LogP contribution in [0.2, 0.25) is 0 Å². The van der Waals surface area contributed by atoms with Gasteiger partial charge < -0.3 is 5.32 Å². The fourth-order valence-electron chi connectivity index (χ4n) is 2.00. The van der Waals surface area contributed by atoms with Crippen molar-refractivity contribution >= 4 is 0 Å². The van der Waals surface area contributed by atoms with E-state index in [-0.39, 0.29) is 0 Å². The lowest BCUT2D eigenvalue weighted by molar-refractivity contribution is 0.535. The molecule has 2 rings (SSSR count). The van der Waals surface area contributed by atoms with Crippen LogP contribution < -0.4 is 5.32 Å². The summed E-state index contributed by atoms with van der Waals surface area (Å²) < 4.78 is 0. The highest BCUT2D eigenvalue weighted by molar-refractivity contribution is 5.40. The smallest absolute Gasteiger partial charge is 0.00234 e. The first-order valence-electron chi connectivity index (χ1n) is 5.20. The second-order valence-electron chi connectivity index (χ2n) is 3.80. The predicted octanol–water partition coefficient (Wildman–Crippen LogP) is 2.33. The molecule has 1 unspecified atom stereocenters. The molecule has 0 radical (unpaired) electrons. The molecule has 0 aromatic heterocycles. The van der Waals surface area contributed by atoms with Crippen molar-refractivity contribution < 1.29 is 0 Å². The zero-order valence-corrected chi connectivity index (χ0v) is 8.22. The highest BCUT2D eigenvalue weighted by Crippen LogP contribution is 2.33. The standard InChI is InChI=1S/C12H17N/c1-2-7-13-9-11-8-10-5-3-4-6-12(10)11/h3-6,11,13H,2,7-9H2,1H3. The van der Waals surface area contributed by atoms with E-state index in [0.717, 1.165) is 19.0 Å². The molecule has 1 nitrogen and oxygen atoms in total. The van der Waals surface area contributed by atoms with Crippen LogP contribution in [0.5, 0.6) is 0 Å². The van der Waals surface area contributed by atoms with Crippen LogP contribution in [0, 0.1) is 0 Å². The van der Waals surface area contributed by atoms with E-state index in [2.05, 4.69) is 36.5 Å². The fraction of sp³-hybridized carbons (Fsp3) is 0.500. The molecule has 0 spiro atoms. The van der Waals surface area contributed by atoms with E-state index in [9.17, 15) is 0 Å². The van der Waals surface area contributed by atoms with E-state index in [1.807, 2.05) is 0 Å². The van der Waals surface area contributed by atoms with Gasteiger partial charge in [0.15, 0.2) is 0 Å². The number of hydrogen-bond donors (Lipinski definition) is 1. The summed E-state index contributed by atoms with van der Waals surface area (Å²) in [6.45, 7) is 4.52. The van der Waals surface area contributed by atoms with Crippen LogP contribution >= 0.6 is 0 Å². The van der Waals surface area contributed by atoms with E-state index in [1.54, 1.807) is 11.1 Å². The molecular formula is C12H17N. The van der Waals surface area contributed by atoms with Crippen molar-refractivity contribution in [2.24, 2.45) is 0 Å². The van der Waals surface area contributed by atoms with Gasteiger partial charge in [0.25, 0.3) is 0 Å². The lowest BCUT2D eigenvalue weighted by atomic mass is 9.77. The lowest BCUT2D eigenvalue weighted by Crippen LogP contribution is -2.29. The largest absolute Gasteiger partial charge is 0.316 e. The molecule has 1 heteroatoms. The monoisotopic (exact) mass is 175 g/mol. The summed E-state index contributed by atoms with van der Waals surface area (Å²) in [6, 6.07) is 8.78. The quantitative estimate of drug-likeness (QED) is 0.692. The summed E-state index contributed by atoms with van der Waals surface area (Å²) >= 11 is 0. The summed E-state index contributed by atoms with van der Waals surface area (Å²) in [5.74, 6) is 0.780. The maximum atomic E-state index is 3.48. The number of fused-ring (bicyclic) bond motifs is 1. The third-order valence-electron chi connectivity index (χ3n) is 2.78. The Bertz CT molecular complexity index is 280. The molecule has 1 aliphatic carbocycles. The minimum atomic E-state index is 0.780. The van der Waals surface area contributed by atoms with Gasteiger partial charge in [-0.1, -0.05) is 31.2 Å². The molecule has 0 heterocycles. The van der Waals surface area contributed by atoms with Gasteiger partial charge >= 0.3 is 0 Å². The van der Waals surface area contributed by atoms with Crippen molar-refractivity contribution in [1.82, 2.24) is 5.32 Å². The molecule has 13 heavy (non-hydrogen) atoms. The van der Waals surface area contributed by atoms with Gasteiger partial charge in [0.1, 0.15) is 0 Å². The zero-order chi connectivity index (χ0) is 9.10. The normalized spacial score (nSPS) is 19.3. The second kappa shape index (κ2) is 3.93. The summed E-state index contributed by atoms with van der Waals surface area (Å²) in [6.07, 6.45) is 2.50. The van der Waals surface area contributed by atoms with Gasteiger partial charge in [-0.25, -0.2) is 0 Å². The first-order valence-corrected chi connectivity index (χ1v) is 5.20. The Balaban J connectivity index is 1.87. The minimum absolute atomic E-state index is 0.780. The molecule has 0 bridgehead atoms. The third kappa shape index (κ3) is 1.75. The molecule has 70 valence electrons. The van der Waals surface area contributed by atoms with Crippen LogP contribution in [0.1, 0.15) is 30.4 Å². The average molecular weight is 175 g/mol. The SMILES string of the molecule is CCCNCC1Cc2ccccc21. The summed E-state index contributed by atoms with van der Waals surface area (Å²) in [5.41, 5.74) is 3.11. The van der Waals surface area contributed by atoms with Crippen LogP contribution in [0.3, 0.4) is 0 Å². The van der Waals surface area contributed by atoms with Gasteiger partial charge in [0, 0.05) is 12.5 Å². The van der Waals surface area contributed by atoms with Crippen molar-refractivity contribution in [3.63, 3.8) is 0 Å². The van der Waals surface area contributed by atoms with Gasteiger partial charge in [-0.2, -0.15) is 0 Å². The van der Waals surface area contributed by atoms with Crippen LogP contribution in [0.4, 0.5) is 0 Å². The van der Waals surface area contributed by atoms with E-state index >= 15 is 0 Å². The molecule has 1 aromatic carbocycles. The van der Waals surface area contributed by atoms with E-state index in [4.69, 9.17) is 0 Å². The summed E-state index contributed by atoms with van der Waals surface area (Å²) in [5, 5.41) is 3.48. The maximum absolute atomic E-state index is 3.48. The maximum Gasteiger partial charge on any atom is 0.00234 e. The van der Waals surface area contributed by atoms with Crippen molar-refractivity contribution in [2.75, 3.05) is 13.1 Å². The Morgan fingerprint density at radius 1 is 1.38 bits per heavy atom. The van der Waals surface area contributed by atoms with Crippen LogP contribution in [0.25, 0.3) is 0 Å². The van der Waals surface area contributed by atoms with Gasteiger partial charge in [-0.3, -0.25) is 0 Å². The van der Waals surface area contributed by atoms with E-state index < -0.39 is 0 Å². The second-order valence-corrected chi connectivity index (χ2v) is 3.80. The number of benzene rings is 1. The third-order valence-corrected chi connectivity index (χ3v) is 2.78. The molecular weight excluding hydrogens is 158 g/mol. The van der Waals surface area contributed by atoms with Crippen molar-refractivity contribution in [3.8, 4) is 0 Å². The molecule has 1 atom stereocenters. The topological polar surface area (TPSA) is 12.0 Å². The molecule has 1 aromatic rings. The minimum Gasteiger partial charge on any atom is -0.316 e. The Morgan fingerprint density at radius 2 is 2.23 bits per heavy atom. The van der Waals surface area contributed by atoms with Gasteiger partial charge in [0.05, 0.1) is 0 Å². The van der Waals surface area contributed by atoms with Gasteiger partial charge in [-0.15, -0.1) is 0 Å². The lowest BCUT2D eigenvalue weighted by Gasteiger charge is -2.30. The summed E-state index contributed by atoms with van der Waals surface area (Å²) in [4.78, 5) is 0. The van der Waals surface area contributed by atoms with Crippen LogP contribution in [-0.2, 0) is 6.42 Å². The van der Waals surface area contributed by atoms with E-state index in [1.165, 1.54) is 12.8 Å². The number of rotatable bonds is 4. The van der Waals surface area contributed by atoms with Crippen LogP contribution in [0.15, 0.2) is 24.3 Å². The highest BCUT2D eigenvalue weighted by Gasteiger charge is 2.24. The Morgan fingerprint density at radius 3 is 3.00 bits per heavy atom. The van der Waals surface area contributed by atoms with Crippen molar-refractivity contribution in [2.45, 2.75) is 25.7 Å². The molecule has 0 aliphatic heterocycles. The fourth-order valence-corrected chi connectivity index (χ4v) is 2.00. The molecule has 0 amide bonds. The van der Waals surface area contributed by atoms with Crippen molar-refractivity contribution in [3.05, 3.63) is 35.4 Å². The number of hydrogen-bond acceptors (Lipinski definition) is 1. The average Bonchev–Trinajstić information content (AvgIpc) is 2.13. The highest BCUT2D eigenvalue weighted by atomic mass is 14.9. The van der Waals surface area contributed by atoms with Gasteiger partial charge in [-0.05, 0) is 30.5 Å². The zero-order valence-electron chi connectivity index (χ0n) is 8.22. The first kappa shape index (κ1) is 8.76. The Kier molecular flexibility index (Phi) is 2.65. The molecule has 1 N–H and O–H groups in total. The van der Waals surface area contributed by atoms with Gasteiger partial charge in [0.2, 0.25) is 0 Å². The number of nitrogens with one attached hydrogen (secondary N) is 1. The molecule has 1 aliphatic rings. The predicted molar refractivity (Wildman–Crippen MR) is 56.0 cm³/mol.